The highest BCUT2D eigenvalue weighted by Gasteiger charge is 2.36. The number of benzene rings is 3. The van der Waals surface area contributed by atoms with Crippen LogP contribution in [0.5, 0.6) is 0 Å². The van der Waals surface area contributed by atoms with Crippen LogP contribution in [-0.4, -0.2) is 49.4 Å². The molecule has 3 aromatic carbocycles. The average molecular weight is 496 g/mol. The largest absolute Gasteiger partial charge is 0.452 e. The van der Waals surface area contributed by atoms with Gasteiger partial charge in [0.15, 0.2) is 6.61 Å². The van der Waals surface area contributed by atoms with E-state index in [9.17, 15) is 22.8 Å². The van der Waals surface area contributed by atoms with E-state index in [1.165, 1.54) is 12.1 Å². The molecule has 0 aromatic heterocycles. The second-order valence-corrected chi connectivity index (χ2v) is 8.68. The summed E-state index contributed by atoms with van der Waals surface area (Å²) in [7, 11) is 3.97. The van der Waals surface area contributed by atoms with Gasteiger partial charge in [0.1, 0.15) is 5.92 Å². The molecule has 1 atom stereocenters. The van der Waals surface area contributed by atoms with Crippen LogP contribution in [0.4, 0.5) is 24.5 Å². The maximum Gasteiger partial charge on any atom is 0.422 e. The van der Waals surface area contributed by atoms with Gasteiger partial charge in [0.2, 0.25) is 5.91 Å². The van der Waals surface area contributed by atoms with Gasteiger partial charge in [-0.05, 0) is 55.1 Å². The van der Waals surface area contributed by atoms with Crippen LogP contribution in [0.25, 0.3) is 0 Å². The van der Waals surface area contributed by atoms with Gasteiger partial charge in [0.25, 0.3) is 0 Å². The molecule has 3 aromatic rings. The summed E-state index contributed by atoms with van der Waals surface area (Å²) in [6, 6.07) is 21.2. The summed E-state index contributed by atoms with van der Waals surface area (Å²) in [6.07, 6.45) is -4.63. The number of aliphatic imine (C=N–C) groups is 1. The maximum atomic E-state index is 13.1. The number of amides is 1. The van der Waals surface area contributed by atoms with Crippen molar-refractivity contribution >= 4 is 29.0 Å². The van der Waals surface area contributed by atoms with Crippen molar-refractivity contribution in [1.82, 2.24) is 4.90 Å². The second-order valence-electron chi connectivity index (χ2n) is 8.68. The van der Waals surface area contributed by atoms with Crippen LogP contribution >= 0.6 is 0 Å². The molecule has 1 aliphatic heterocycles. The zero-order valence-electron chi connectivity index (χ0n) is 19.7. The molecule has 1 heterocycles. The van der Waals surface area contributed by atoms with Gasteiger partial charge in [-0.3, -0.25) is 9.79 Å². The molecule has 9 heteroatoms. The zero-order valence-corrected chi connectivity index (χ0v) is 19.7. The van der Waals surface area contributed by atoms with Crippen molar-refractivity contribution in [2.24, 2.45) is 4.99 Å². The number of rotatable bonds is 7. The number of anilines is 1. The first-order valence-electron chi connectivity index (χ1n) is 11.2. The fourth-order valence-electron chi connectivity index (χ4n) is 3.98. The predicted molar refractivity (Wildman–Crippen MR) is 131 cm³/mol. The van der Waals surface area contributed by atoms with Gasteiger partial charge >= 0.3 is 12.1 Å². The Morgan fingerprint density at radius 1 is 1.00 bits per heavy atom. The third-order valence-electron chi connectivity index (χ3n) is 5.51. The van der Waals surface area contributed by atoms with Gasteiger partial charge in [-0.2, -0.15) is 13.2 Å². The van der Waals surface area contributed by atoms with Crippen molar-refractivity contribution in [3.05, 3.63) is 95.1 Å². The summed E-state index contributed by atoms with van der Waals surface area (Å²) < 4.78 is 41.6. The van der Waals surface area contributed by atoms with Crippen LogP contribution in [0.1, 0.15) is 33.0 Å². The first-order chi connectivity index (χ1) is 17.1. The van der Waals surface area contributed by atoms with E-state index in [1.807, 2.05) is 68.7 Å². The molecule has 1 aliphatic rings. The normalized spacial score (nSPS) is 15.6. The summed E-state index contributed by atoms with van der Waals surface area (Å²) in [5.74, 6) is -2.25. The predicted octanol–water partition coefficient (Wildman–Crippen LogP) is 5.32. The van der Waals surface area contributed by atoms with Gasteiger partial charge in [-0.1, -0.05) is 48.5 Å². The lowest BCUT2D eigenvalue weighted by Gasteiger charge is -2.15. The molecular formula is C27H24F3N3O3. The van der Waals surface area contributed by atoms with E-state index < -0.39 is 24.7 Å². The number of fused-ring (bicyclic) bond motifs is 1. The fraction of sp³-hybridized carbons (Fsp3) is 0.222. The van der Waals surface area contributed by atoms with Gasteiger partial charge < -0.3 is 15.0 Å². The lowest BCUT2D eigenvalue weighted by atomic mass is 9.90. The van der Waals surface area contributed by atoms with E-state index in [4.69, 9.17) is 4.99 Å². The minimum absolute atomic E-state index is 0.0892. The highest BCUT2D eigenvalue weighted by molar-refractivity contribution is 6.24. The second kappa shape index (κ2) is 10.3. The zero-order chi connectivity index (χ0) is 25.9. The van der Waals surface area contributed by atoms with Crippen molar-refractivity contribution in [3.8, 4) is 0 Å². The number of ether oxygens (including phenoxy) is 1. The Morgan fingerprint density at radius 2 is 1.69 bits per heavy atom. The third-order valence-corrected chi connectivity index (χ3v) is 5.51. The van der Waals surface area contributed by atoms with Crippen LogP contribution in [0.3, 0.4) is 0 Å². The van der Waals surface area contributed by atoms with Crippen LogP contribution in [0.15, 0.2) is 77.8 Å². The van der Waals surface area contributed by atoms with Crippen molar-refractivity contribution in [1.29, 1.82) is 0 Å². The number of alkyl halides is 3. The summed E-state index contributed by atoms with van der Waals surface area (Å²) in [6.45, 7) is -0.905. The number of carbonyl (C=O) groups is 2. The number of hydrogen-bond donors (Lipinski definition) is 1. The van der Waals surface area contributed by atoms with Gasteiger partial charge in [0, 0.05) is 12.2 Å². The molecule has 0 radical (unpaired) electrons. The molecule has 0 fully saturated rings. The number of nitrogens with one attached hydrogen (secondary N) is 1. The van der Waals surface area contributed by atoms with Crippen molar-refractivity contribution < 1.29 is 27.5 Å². The third kappa shape index (κ3) is 5.98. The first-order valence-corrected chi connectivity index (χ1v) is 11.2. The Morgan fingerprint density at radius 3 is 2.33 bits per heavy atom. The Labute approximate surface area is 206 Å². The quantitative estimate of drug-likeness (QED) is 0.356. The van der Waals surface area contributed by atoms with E-state index in [-0.39, 0.29) is 11.5 Å². The van der Waals surface area contributed by atoms with Gasteiger partial charge in [-0.15, -0.1) is 0 Å². The molecule has 0 saturated carbocycles. The minimum Gasteiger partial charge on any atom is -0.452 e. The molecule has 6 nitrogen and oxygen atoms in total. The van der Waals surface area contributed by atoms with Gasteiger partial charge in [-0.25, -0.2) is 4.79 Å². The average Bonchev–Trinajstić information content (AvgIpc) is 3.16. The van der Waals surface area contributed by atoms with E-state index in [1.54, 1.807) is 6.07 Å². The van der Waals surface area contributed by atoms with Crippen molar-refractivity contribution in [3.63, 3.8) is 0 Å². The molecule has 0 aliphatic carbocycles. The molecule has 0 saturated heterocycles. The minimum atomic E-state index is -4.63. The summed E-state index contributed by atoms with van der Waals surface area (Å²) in [5, 5.41) is 2.73. The van der Waals surface area contributed by atoms with Gasteiger partial charge in [0.05, 0.1) is 17.0 Å². The Hall–Kier alpha value is -3.98. The molecule has 186 valence electrons. The molecule has 1 amide bonds. The number of hydrogen-bond acceptors (Lipinski definition) is 5. The van der Waals surface area contributed by atoms with Crippen molar-refractivity contribution in [2.45, 2.75) is 18.6 Å². The highest BCUT2D eigenvalue weighted by Crippen LogP contribution is 2.37. The lowest BCUT2D eigenvalue weighted by molar-refractivity contribution is -0.161. The van der Waals surface area contributed by atoms with Crippen LogP contribution in [-0.2, 0) is 16.1 Å². The number of halogens is 3. The Bertz CT molecular complexity index is 1290. The standard InChI is InChI=1S/C27H24F3N3O3/c1-33(2)15-17-8-11-20(12-9-17)31-24(18-6-4-3-5-7-18)23-21-13-10-19(14-22(21)32-25(23)34)26(35)36-16-27(28,29)30/h3-14,23H,15-16H2,1-2H3,(H,32,34). The SMILES string of the molecule is CN(C)Cc1ccc(N=C(c2ccccc2)C2C(=O)Nc3cc(C(=O)OCC(F)(F)F)ccc32)cc1. The highest BCUT2D eigenvalue weighted by atomic mass is 19.4. The topological polar surface area (TPSA) is 71.0 Å². The lowest BCUT2D eigenvalue weighted by Crippen LogP contribution is -2.22. The van der Waals surface area contributed by atoms with E-state index >= 15 is 0 Å². The molecular weight excluding hydrogens is 471 g/mol. The molecule has 36 heavy (non-hydrogen) atoms. The fourth-order valence-corrected chi connectivity index (χ4v) is 3.98. The first kappa shape index (κ1) is 25.1. The van der Waals surface area contributed by atoms with E-state index in [2.05, 4.69) is 15.0 Å². The Balaban J connectivity index is 1.68. The van der Waals surface area contributed by atoms with Crippen LogP contribution in [0, 0.1) is 0 Å². The monoisotopic (exact) mass is 495 g/mol. The molecule has 0 spiro atoms. The molecule has 1 unspecified atom stereocenters. The molecule has 4 rings (SSSR count). The van der Waals surface area contributed by atoms with Crippen LogP contribution < -0.4 is 5.32 Å². The van der Waals surface area contributed by atoms with E-state index in [0.717, 1.165) is 17.7 Å². The molecule has 0 bridgehead atoms. The molecule has 1 N–H and O–H groups in total. The summed E-state index contributed by atoms with van der Waals surface area (Å²) >= 11 is 0. The van der Waals surface area contributed by atoms with Crippen LogP contribution in [0.2, 0.25) is 0 Å². The number of esters is 1. The summed E-state index contributed by atoms with van der Waals surface area (Å²) in [5.41, 5.74) is 3.86. The Kier molecular flexibility index (Phi) is 7.21. The number of nitrogens with zero attached hydrogens (tertiary/aromatic N) is 2. The maximum absolute atomic E-state index is 13.1. The smallest absolute Gasteiger partial charge is 0.422 e. The summed E-state index contributed by atoms with van der Waals surface area (Å²) in [4.78, 5) is 32.0. The van der Waals surface area contributed by atoms with E-state index in [0.29, 0.717) is 22.6 Å². The van der Waals surface area contributed by atoms with Crippen molar-refractivity contribution in [2.75, 3.05) is 26.0 Å². The number of carbonyl (C=O) groups excluding carboxylic acids is 2.